The molecule has 0 saturated heterocycles. The minimum absolute atomic E-state index is 0.0193. The van der Waals surface area contributed by atoms with Crippen LogP contribution in [0.4, 0.5) is 0 Å². The van der Waals surface area contributed by atoms with Crippen molar-refractivity contribution in [1.29, 1.82) is 0 Å². The molecule has 0 saturated carbocycles. The lowest BCUT2D eigenvalue weighted by molar-refractivity contribution is 0.582. The summed E-state index contributed by atoms with van der Waals surface area (Å²) in [4.78, 5) is 0. The van der Waals surface area contributed by atoms with E-state index in [-0.39, 0.29) is 27.6 Å². The van der Waals surface area contributed by atoms with Crippen molar-refractivity contribution in [3.63, 3.8) is 0 Å². The summed E-state index contributed by atoms with van der Waals surface area (Å²) in [5, 5.41) is 0. The number of rotatable bonds is 9. The fraction of sp³-hybridized carbons (Fsp3) is 0.260. The summed E-state index contributed by atoms with van der Waals surface area (Å²) in [5.74, 6) is 0.258. The van der Waals surface area contributed by atoms with Gasteiger partial charge in [-0.2, -0.15) is 0 Å². The molecular formula is C73H70. The van der Waals surface area contributed by atoms with Crippen molar-refractivity contribution >= 4 is 0 Å². The molecule has 0 heterocycles. The zero-order valence-corrected chi connectivity index (χ0v) is 44.8. The van der Waals surface area contributed by atoms with Gasteiger partial charge in [0.25, 0.3) is 0 Å². The highest BCUT2D eigenvalue weighted by Crippen LogP contribution is 2.59. The fourth-order valence-electron chi connectivity index (χ4n) is 13.6. The SMILES string of the molecule is CC(C)(C)c1ccc2c(c1)C(c1ccccc1)(c1ccccc1)c1cc(C(C)(C)C)cc(CC(CCc3ccc4c(c3)C(C)(C)c3ccccc3-4)c3ccc(-c4cccc5c4-c4ccccc4C5(C)C)cc3)c1-2. The third-order valence-corrected chi connectivity index (χ3v) is 17.7. The predicted octanol–water partition coefficient (Wildman–Crippen LogP) is 18.9. The summed E-state index contributed by atoms with van der Waals surface area (Å²) in [6.07, 6.45) is 2.95. The van der Waals surface area contributed by atoms with Crippen molar-refractivity contribution in [1.82, 2.24) is 0 Å². The van der Waals surface area contributed by atoms with E-state index in [4.69, 9.17) is 0 Å². The zero-order chi connectivity index (χ0) is 50.7. The van der Waals surface area contributed by atoms with Gasteiger partial charge in [0.1, 0.15) is 0 Å². The number of hydrogen-bond acceptors (Lipinski definition) is 0. The van der Waals surface area contributed by atoms with Crippen LogP contribution < -0.4 is 0 Å². The smallest absolute Gasteiger partial charge is 0.0622 e. The molecule has 0 spiro atoms. The highest BCUT2D eigenvalue weighted by molar-refractivity contribution is 5.93. The summed E-state index contributed by atoms with van der Waals surface area (Å²) >= 11 is 0. The van der Waals surface area contributed by atoms with Crippen LogP contribution in [0, 0.1) is 0 Å². The molecule has 1 atom stereocenters. The molecule has 1 unspecified atom stereocenters. The molecule has 0 aromatic heterocycles. The third kappa shape index (κ3) is 7.45. The Bertz CT molecular complexity index is 3540. The predicted molar refractivity (Wildman–Crippen MR) is 309 cm³/mol. The van der Waals surface area contributed by atoms with Crippen LogP contribution in [-0.2, 0) is 39.9 Å². The Morgan fingerprint density at radius 2 is 0.904 bits per heavy atom. The standard InChI is InChI=1S/C73H70/c1-69(2,3)54-39-41-60-65(45-54)73(52-22-13-11-14-23-52,53-24-15-12-16-25-53)66-46-55(70(4,5)6)44-51(67(60)66)43-50(34-32-47-33-40-58-57-26-17-19-29-61(57)72(9,10)64(58)42-47)48-35-37-49(38-36-48)56-28-21-31-63-68(56)59-27-18-20-30-62(59)71(63,7)8/h11-31,33,35-42,44-46,50H,32,34,43H2,1-10H3. The highest BCUT2D eigenvalue weighted by atomic mass is 14.5. The molecule has 0 bridgehead atoms. The summed E-state index contributed by atoms with van der Waals surface area (Å²) < 4.78 is 0. The van der Waals surface area contributed by atoms with E-state index in [1.807, 2.05) is 0 Å². The first-order valence-electron chi connectivity index (χ1n) is 27.0. The average Bonchev–Trinajstić information content (AvgIpc) is 3.93. The Labute approximate surface area is 436 Å². The molecule has 73 heavy (non-hydrogen) atoms. The largest absolute Gasteiger partial charge is 0.0713 e. The van der Waals surface area contributed by atoms with Crippen LogP contribution in [-0.4, -0.2) is 0 Å². The maximum Gasteiger partial charge on any atom is 0.0713 e. The van der Waals surface area contributed by atoms with Crippen molar-refractivity contribution in [2.24, 2.45) is 0 Å². The zero-order valence-electron chi connectivity index (χ0n) is 44.8. The molecule has 3 aliphatic rings. The van der Waals surface area contributed by atoms with E-state index >= 15 is 0 Å². The number of hydrogen-bond donors (Lipinski definition) is 0. The minimum Gasteiger partial charge on any atom is -0.0622 e. The van der Waals surface area contributed by atoms with Crippen molar-refractivity contribution in [3.05, 3.63) is 273 Å². The quantitative estimate of drug-likeness (QED) is 0.135. The molecule has 9 aromatic carbocycles. The first-order chi connectivity index (χ1) is 35.0. The maximum atomic E-state index is 2.61. The van der Waals surface area contributed by atoms with E-state index in [2.05, 4.69) is 269 Å². The Morgan fingerprint density at radius 1 is 0.384 bits per heavy atom. The van der Waals surface area contributed by atoms with E-state index in [0.717, 1.165) is 19.3 Å². The summed E-state index contributed by atoms with van der Waals surface area (Å²) in [6, 6.07) is 77.7. The lowest BCUT2D eigenvalue weighted by Crippen LogP contribution is -2.30. The molecule has 3 aliphatic carbocycles. The second-order valence-corrected chi connectivity index (χ2v) is 24.8. The second kappa shape index (κ2) is 17.0. The lowest BCUT2D eigenvalue weighted by atomic mass is 9.66. The van der Waals surface area contributed by atoms with Crippen LogP contribution >= 0.6 is 0 Å². The number of fused-ring (bicyclic) bond motifs is 9. The van der Waals surface area contributed by atoms with E-state index < -0.39 is 5.41 Å². The van der Waals surface area contributed by atoms with Gasteiger partial charge >= 0.3 is 0 Å². The van der Waals surface area contributed by atoms with Crippen LogP contribution in [0.15, 0.2) is 200 Å². The lowest BCUT2D eigenvalue weighted by Gasteiger charge is -2.36. The first-order valence-corrected chi connectivity index (χ1v) is 27.0. The monoisotopic (exact) mass is 947 g/mol. The van der Waals surface area contributed by atoms with Gasteiger partial charge in [0, 0.05) is 10.8 Å². The van der Waals surface area contributed by atoms with Crippen LogP contribution in [0.3, 0.4) is 0 Å². The molecule has 0 fully saturated rings. The van der Waals surface area contributed by atoms with Gasteiger partial charge in [0.05, 0.1) is 5.41 Å². The van der Waals surface area contributed by atoms with Crippen molar-refractivity contribution in [3.8, 4) is 44.5 Å². The third-order valence-electron chi connectivity index (χ3n) is 17.7. The molecule has 0 amide bonds. The van der Waals surface area contributed by atoms with Crippen LogP contribution in [0.25, 0.3) is 44.5 Å². The van der Waals surface area contributed by atoms with Gasteiger partial charge in [-0.15, -0.1) is 0 Å². The van der Waals surface area contributed by atoms with Gasteiger partial charge in [-0.25, -0.2) is 0 Å². The molecule has 0 heteroatoms. The Morgan fingerprint density at radius 3 is 1.56 bits per heavy atom. The number of aryl methyl sites for hydroxylation is 1. The Kier molecular flexibility index (Phi) is 11.0. The van der Waals surface area contributed by atoms with Gasteiger partial charge < -0.3 is 0 Å². The molecular weight excluding hydrogens is 877 g/mol. The molecule has 0 aliphatic heterocycles. The van der Waals surface area contributed by atoms with E-state index in [1.165, 1.54) is 117 Å². The van der Waals surface area contributed by atoms with Crippen molar-refractivity contribution in [2.45, 2.75) is 121 Å². The fourth-order valence-corrected chi connectivity index (χ4v) is 13.6. The minimum atomic E-state index is -0.500. The Hall–Kier alpha value is -7.02. The second-order valence-electron chi connectivity index (χ2n) is 24.8. The first kappa shape index (κ1) is 47.0. The number of benzene rings is 9. The van der Waals surface area contributed by atoms with E-state index in [9.17, 15) is 0 Å². The molecule has 0 nitrogen and oxygen atoms in total. The summed E-state index contributed by atoms with van der Waals surface area (Å²) in [7, 11) is 0. The van der Waals surface area contributed by atoms with Gasteiger partial charge in [0.2, 0.25) is 0 Å². The van der Waals surface area contributed by atoms with Crippen LogP contribution in [0.1, 0.15) is 154 Å². The van der Waals surface area contributed by atoms with Crippen LogP contribution in [0.2, 0.25) is 0 Å². The molecule has 0 radical (unpaired) electrons. The molecule has 12 rings (SSSR count). The molecule has 0 N–H and O–H groups in total. The van der Waals surface area contributed by atoms with E-state index in [1.54, 1.807) is 0 Å². The van der Waals surface area contributed by atoms with Crippen molar-refractivity contribution in [2.75, 3.05) is 0 Å². The van der Waals surface area contributed by atoms with Gasteiger partial charge in [-0.3, -0.25) is 0 Å². The normalized spacial score (nSPS) is 15.7. The summed E-state index contributed by atoms with van der Waals surface area (Å²) in [6.45, 7) is 23.8. The molecule has 362 valence electrons. The maximum absolute atomic E-state index is 2.61. The van der Waals surface area contributed by atoms with Crippen LogP contribution in [0.5, 0.6) is 0 Å². The summed E-state index contributed by atoms with van der Waals surface area (Å²) in [5.41, 5.74) is 28.4. The highest BCUT2D eigenvalue weighted by Gasteiger charge is 2.48. The van der Waals surface area contributed by atoms with Gasteiger partial charge in [0.15, 0.2) is 0 Å². The topological polar surface area (TPSA) is 0 Å². The Balaban J connectivity index is 1.03. The van der Waals surface area contributed by atoms with Gasteiger partial charge in [-0.1, -0.05) is 269 Å². The van der Waals surface area contributed by atoms with E-state index in [0.29, 0.717) is 0 Å². The van der Waals surface area contributed by atoms with Crippen molar-refractivity contribution < 1.29 is 0 Å². The average molecular weight is 947 g/mol. The van der Waals surface area contributed by atoms with Gasteiger partial charge in [-0.05, 0) is 153 Å². The molecule has 9 aromatic rings.